The number of piperazine rings is 1. The van der Waals surface area contributed by atoms with Gasteiger partial charge in [-0.2, -0.15) is 0 Å². The van der Waals surface area contributed by atoms with Crippen molar-refractivity contribution in [2.24, 2.45) is 0 Å². The van der Waals surface area contributed by atoms with Crippen LogP contribution in [0.3, 0.4) is 0 Å². The van der Waals surface area contributed by atoms with Crippen LogP contribution in [0.15, 0.2) is 34.1 Å². The first-order valence-corrected chi connectivity index (χ1v) is 9.31. The van der Waals surface area contributed by atoms with Crippen LogP contribution in [0.4, 0.5) is 0 Å². The predicted molar refractivity (Wildman–Crippen MR) is 112 cm³/mol. The largest absolute Gasteiger partial charge is 0.493 e. The molecule has 2 aromatic rings. The van der Waals surface area contributed by atoms with Crippen LogP contribution in [0, 0.1) is 0 Å². The Hall–Kier alpha value is -0.500. The van der Waals surface area contributed by atoms with Crippen molar-refractivity contribution in [3.8, 4) is 11.5 Å². The van der Waals surface area contributed by atoms with Crippen molar-refractivity contribution in [2.75, 3.05) is 40.4 Å². The Morgan fingerprint density at radius 1 is 1.12 bits per heavy atom. The maximum atomic E-state index is 5.51. The summed E-state index contributed by atoms with van der Waals surface area (Å²) in [5.41, 5.74) is 1.21. The minimum atomic E-state index is 0. The number of benzene rings is 1. The Balaban J connectivity index is 0.00000156. The van der Waals surface area contributed by atoms with Gasteiger partial charge in [-0.3, -0.25) is 4.90 Å². The van der Waals surface area contributed by atoms with Crippen LogP contribution >= 0.6 is 52.1 Å². The van der Waals surface area contributed by atoms with Crippen LogP contribution in [-0.2, 0) is 0 Å². The van der Waals surface area contributed by atoms with Gasteiger partial charge in [-0.05, 0) is 29.1 Å². The van der Waals surface area contributed by atoms with E-state index in [0.29, 0.717) is 0 Å². The van der Waals surface area contributed by atoms with E-state index in [2.05, 4.69) is 49.7 Å². The average molecular weight is 470 g/mol. The summed E-state index contributed by atoms with van der Waals surface area (Å²) in [4.78, 5) is 3.87. The molecule has 0 saturated carbocycles. The molecule has 0 bridgehead atoms. The molecule has 0 unspecified atom stereocenters. The molecule has 0 aliphatic carbocycles. The Labute approximate surface area is 173 Å². The summed E-state index contributed by atoms with van der Waals surface area (Å²) in [6, 6.07) is 8.64. The minimum Gasteiger partial charge on any atom is -0.493 e. The lowest BCUT2D eigenvalue weighted by molar-refractivity contribution is 0.200. The highest BCUT2D eigenvalue weighted by Gasteiger charge is 2.27. The zero-order valence-corrected chi connectivity index (χ0v) is 18.2. The quantitative estimate of drug-likeness (QED) is 0.704. The SMILES string of the molecule is COc1cc(Br)c([C@@H](c2cccs2)N2CCNCC2)cc1OC.Cl.Cl. The number of methoxy groups -OCH3 is 2. The number of rotatable bonds is 5. The monoisotopic (exact) mass is 468 g/mol. The van der Waals surface area contributed by atoms with Crippen LogP contribution in [0.25, 0.3) is 0 Å². The van der Waals surface area contributed by atoms with Gasteiger partial charge in [-0.25, -0.2) is 0 Å². The van der Waals surface area contributed by atoms with Crippen molar-refractivity contribution in [3.63, 3.8) is 0 Å². The third kappa shape index (κ3) is 5.02. The van der Waals surface area contributed by atoms with Crippen LogP contribution in [-0.4, -0.2) is 45.3 Å². The number of hydrogen-bond donors (Lipinski definition) is 1. The van der Waals surface area contributed by atoms with Gasteiger partial charge in [0.15, 0.2) is 11.5 Å². The maximum absolute atomic E-state index is 5.51. The summed E-state index contributed by atoms with van der Waals surface area (Å²) in [5.74, 6) is 1.51. The molecule has 1 aromatic heterocycles. The predicted octanol–water partition coefficient (Wildman–Crippen LogP) is 4.37. The Morgan fingerprint density at radius 3 is 2.32 bits per heavy atom. The maximum Gasteiger partial charge on any atom is 0.161 e. The molecule has 1 fully saturated rings. The van der Waals surface area contributed by atoms with Crippen LogP contribution in [0.1, 0.15) is 16.5 Å². The number of hydrogen-bond acceptors (Lipinski definition) is 5. The second-order valence-corrected chi connectivity index (χ2v) is 7.27. The number of halogens is 3. The van der Waals surface area contributed by atoms with E-state index in [9.17, 15) is 0 Å². The van der Waals surface area contributed by atoms with Gasteiger partial charge in [-0.15, -0.1) is 36.2 Å². The van der Waals surface area contributed by atoms with Crippen LogP contribution < -0.4 is 14.8 Å². The lowest BCUT2D eigenvalue weighted by atomic mass is 10.0. The molecule has 3 rings (SSSR count). The Kier molecular flexibility index (Phi) is 9.56. The third-order valence-corrected chi connectivity index (χ3v) is 5.74. The fourth-order valence-electron chi connectivity index (χ4n) is 3.00. The van der Waals surface area contributed by atoms with E-state index in [1.807, 2.05) is 6.07 Å². The number of nitrogens with one attached hydrogen (secondary N) is 1. The van der Waals surface area contributed by atoms with Crippen LogP contribution in [0.5, 0.6) is 11.5 Å². The van der Waals surface area contributed by atoms with E-state index in [-0.39, 0.29) is 30.9 Å². The molecule has 1 atom stereocenters. The lowest BCUT2D eigenvalue weighted by Crippen LogP contribution is -2.45. The normalized spacial score (nSPS) is 15.6. The van der Waals surface area contributed by atoms with Crippen molar-refractivity contribution in [1.82, 2.24) is 10.2 Å². The number of nitrogens with zero attached hydrogens (tertiary/aromatic N) is 1. The fraction of sp³-hybridized carbons (Fsp3) is 0.412. The molecule has 1 N–H and O–H groups in total. The zero-order valence-electron chi connectivity index (χ0n) is 14.2. The van der Waals surface area contributed by atoms with E-state index < -0.39 is 0 Å². The van der Waals surface area contributed by atoms with E-state index in [1.54, 1.807) is 25.6 Å². The van der Waals surface area contributed by atoms with Gasteiger partial charge in [0, 0.05) is 35.5 Å². The molecule has 25 heavy (non-hydrogen) atoms. The first kappa shape index (κ1) is 22.5. The first-order chi connectivity index (χ1) is 11.2. The molecule has 0 radical (unpaired) electrons. The summed E-state index contributed by atoms with van der Waals surface area (Å²) in [7, 11) is 3.34. The molecular formula is C17H23BrCl2N2O2S. The van der Waals surface area contributed by atoms with Gasteiger partial charge >= 0.3 is 0 Å². The molecule has 0 spiro atoms. The highest BCUT2D eigenvalue weighted by Crippen LogP contribution is 2.41. The highest BCUT2D eigenvalue weighted by atomic mass is 79.9. The van der Waals surface area contributed by atoms with E-state index in [1.165, 1.54) is 10.4 Å². The number of thiophene rings is 1. The second kappa shape index (κ2) is 10.6. The summed E-state index contributed by atoms with van der Waals surface area (Å²) < 4.78 is 12.0. The summed E-state index contributed by atoms with van der Waals surface area (Å²) >= 11 is 5.53. The molecule has 4 nitrogen and oxygen atoms in total. The molecule has 2 heterocycles. The van der Waals surface area contributed by atoms with Crippen molar-refractivity contribution in [1.29, 1.82) is 0 Å². The van der Waals surface area contributed by atoms with E-state index >= 15 is 0 Å². The Bertz CT molecular complexity index is 652. The molecule has 0 amide bonds. The lowest BCUT2D eigenvalue weighted by Gasteiger charge is -2.35. The van der Waals surface area contributed by atoms with Gasteiger partial charge in [-0.1, -0.05) is 22.0 Å². The van der Waals surface area contributed by atoms with Crippen molar-refractivity contribution < 1.29 is 9.47 Å². The summed E-state index contributed by atoms with van der Waals surface area (Å²) in [5, 5.41) is 5.57. The average Bonchev–Trinajstić information content (AvgIpc) is 3.11. The smallest absolute Gasteiger partial charge is 0.161 e. The minimum absolute atomic E-state index is 0. The first-order valence-electron chi connectivity index (χ1n) is 7.64. The molecular weight excluding hydrogens is 447 g/mol. The second-order valence-electron chi connectivity index (χ2n) is 5.43. The summed E-state index contributed by atoms with van der Waals surface area (Å²) in [6.07, 6.45) is 0. The van der Waals surface area contributed by atoms with Crippen molar-refractivity contribution in [3.05, 3.63) is 44.6 Å². The van der Waals surface area contributed by atoms with Gasteiger partial charge in [0.2, 0.25) is 0 Å². The van der Waals surface area contributed by atoms with E-state index in [0.717, 1.165) is 42.2 Å². The highest BCUT2D eigenvalue weighted by molar-refractivity contribution is 9.10. The van der Waals surface area contributed by atoms with Gasteiger partial charge in [0.25, 0.3) is 0 Å². The Morgan fingerprint density at radius 2 is 1.76 bits per heavy atom. The molecule has 140 valence electrons. The third-order valence-electron chi connectivity index (χ3n) is 4.13. The number of ether oxygens (including phenoxy) is 2. The molecule has 1 saturated heterocycles. The van der Waals surface area contributed by atoms with Gasteiger partial charge < -0.3 is 14.8 Å². The summed E-state index contributed by atoms with van der Waals surface area (Å²) in [6.45, 7) is 4.10. The van der Waals surface area contributed by atoms with Gasteiger partial charge in [0.05, 0.1) is 20.3 Å². The van der Waals surface area contributed by atoms with Crippen molar-refractivity contribution in [2.45, 2.75) is 6.04 Å². The molecule has 8 heteroatoms. The van der Waals surface area contributed by atoms with Crippen LogP contribution in [0.2, 0.25) is 0 Å². The fourth-order valence-corrected chi connectivity index (χ4v) is 4.41. The standard InChI is InChI=1S/C17H21BrN2O2S.2ClH/c1-21-14-10-12(13(18)11-15(14)22-2)17(16-4-3-9-23-16)20-7-5-19-6-8-20;;/h3-4,9-11,17,19H,5-8H2,1-2H3;2*1H/t17-;;/m0../s1. The molecule has 1 aliphatic heterocycles. The zero-order chi connectivity index (χ0) is 16.2. The van der Waals surface area contributed by atoms with Crippen molar-refractivity contribution >= 4 is 52.1 Å². The van der Waals surface area contributed by atoms with E-state index in [4.69, 9.17) is 9.47 Å². The topological polar surface area (TPSA) is 33.7 Å². The van der Waals surface area contributed by atoms with Gasteiger partial charge in [0.1, 0.15) is 0 Å². The molecule has 1 aliphatic rings. The molecule has 1 aromatic carbocycles.